The van der Waals surface area contributed by atoms with Crippen LogP contribution in [-0.2, 0) is 11.3 Å². The average molecular weight is 457 g/mol. The van der Waals surface area contributed by atoms with Gasteiger partial charge in [-0.25, -0.2) is 0 Å². The van der Waals surface area contributed by atoms with Crippen LogP contribution in [-0.4, -0.2) is 26.2 Å². The van der Waals surface area contributed by atoms with E-state index in [1.54, 1.807) is 30.5 Å². The van der Waals surface area contributed by atoms with Crippen molar-refractivity contribution < 1.29 is 14.3 Å². The molecule has 0 aliphatic carbocycles. The van der Waals surface area contributed by atoms with Gasteiger partial charge in [0.15, 0.2) is 0 Å². The summed E-state index contributed by atoms with van der Waals surface area (Å²) in [4.78, 5) is 13.4. The Labute approximate surface area is 196 Å². The minimum Gasteiger partial charge on any atom is -0.508 e. The summed E-state index contributed by atoms with van der Waals surface area (Å²) in [6.07, 6.45) is 4.86. The maximum atomic E-state index is 9.53. The van der Waals surface area contributed by atoms with E-state index in [1.165, 1.54) is 0 Å². The average Bonchev–Trinajstić information content (AvgIpc) is 3.52. The monoisotopic (exact) mass is 456 g/mol. The highest BCUT2D eigenvalue weighted by Crippen LogP contribution is 2.27. The number of ether oxygens (including phenoxy) is 1. The van der Waals surface area contributed by atoms with Gasteiger partial charge in [0, 0.05) is 23.4 Å². The second-order valence-corrected chi connectivity index (χ2v) is 7.85. The van der Waals surface area contributed by atoms with Gasteiger partial charge >= 0.3 is 0 Å². The number of furan rings is 1. The number of phenolic OH excluding ortho intramolecular Hbond substituents is 1. The van der Waals surface area contributed by atoms with Crippen molar-refractivity contribution in [3.63, 3.8) is 0 Å². The number of phenols is 1. The number of benzene rings is 2. The molecule has 4 N–H and O–H groups in total. The Morgan fingerprint density at radius 3 is 2.12 bits per heavy atom. The van der Waals surface area contributed by atoms with Crippen molar-refractivity contribution in [3.8, 4) is 5.75 Å². The molecule has 0 fully saturated rings. The maximum absolute atomic E-state index is 9.53. The van der Waals surface area contributed by atoms with Gasteiger partial charge in [-0.2, -0.15) is 15.0 Å². The quantitative estimate of drug-likeness (QED) is 0.258. The fourth-order valence-corrected chi connectivity index (χ4v) is 3.44. The summed E-state index contributed by atoms with van der Waals surface area (Å²) in [6, 6.07) is 18.3. The molecule has 1 aliphatic rings. The molecule has 1 aliphatic heterocycles. The molecule has 9 heteroatoms. The molecule has 1 atom stereocenters. The fourth-order valence-electron chi connectivity index (χ4n) is 3.44. The first-order valence-corrected chi connectivity index (χ1v) is 10.9. The van der Waals surface area contributed by atoms with Crippen molar-refractivity contribution in [2.75, 3.05) is 16.0 Å². The highest BCUT2D eigenvalue weighted by Gasteiger charge is 2.15. The largest absolute Gasteiger partial charge is 0.508 e. The molecule has 34 heavy (non-hydrogen) atoms. The molecule has 0 saturated carbocycles. The van der Waals surface area contributed by atoms with Crippen LogP contribution >= 0.6 is 0 Å². The highest BCUT2D eigenvalue weighted by molar-refractivity contribution is 5.66. The Morgan fingerprint density at radius 2 is 1.53 bits per heavy atom. The molecule has 0 bridgehead atoms. The molecule has 9 nitrogen and oxygen atoms in total. The topological polar surface area (TPSA) is 117 Å². The van der Waals surface area contributed by atoms with Crippen LogP contribution in [0.4, 0.5) is 29.2 Å². The molecule has 0 spiro atoms. The van der Waals surface area contributed by atoms with Crippen LogP contribution in [0.2, 0.25) is 0 Å². The van der Waals surface area contributed by atoms with E-state index in [-0.39, 0.29) is 11.9 Å². The van der Waals surface area contributed by atoms with E-state index in [1.807, 2.05) is 36.4 Å². The molecule has 0 saturated heterocycles. The lowest BCUT2D eigenvalue weighted by molar-refractivity contribution is 0.210. The van der Waals surface area contributed by atoms with Crippen molar-refractivity contribution in [1.82, 2.24) is 15.0 Å². The predicted molar refractivity (Wildman–Crippen MR) is 130 cm³/mol. The van der Waals surface area contributed by atoms with E-state index < -0.39 is 0 Å². The first kappa shape index (κ1) is 21.3. The number of rotatable bonds is 8. The molecule has 172 valence electrons. The molecule has 3 heterocycles. The number of nitrogens with zero attached hydrogens (tertiary/aromatic N) is 3. The van der Waals surface area contributed by atoms with Crippen LogP contribution < -0.4 is 16.0 Å². The molecule has 1 unspecified atom stereocenters. The van der Waals surface area contributed by atoms with Crippen LogP contribution in [0.3, 0.4) is 0 Å². The van der Waals surface area contributed by atoms with E-state index in [0.29, 0.717) is 24.4 Å². The van der Waals surface area contributed by atoms with E-state index in [2.05, 4.69) is 43.9 Å². The maximum Gasteiger partial charge on any atom is 0.233 e. The molecule has 4 aromatic rings. The van der Waals surface area contributed by atoms with Crippen LogP contribution in [0.25, 0.3) is 5.76 Å². The zero-order chi connectivity index (χ0) is 23.3. The van der Waals surface area contributed by atoms with Gasteiger partial charge in [-0.15, -0.1) is 0 Å². The lowest BCUT2D eigenvalue weighted by atomic mass is 10.1. The summed E-state index contributed by atoms with van der Waals surface area (Å²) >= 11 is 0. The number of aromatic hydroxyl groups is 1. The van der Waals surface area contributed by atoms with Gasteiger partial charge in [0.25, 0.3) is 0 Å². The summed E-state index contributed by atoms with van der Waals surface area (Å²) in [7, 11) is 0. The molecule has 2 aromatic heterocycles. The minimum atomic E-state index is 0.182. The smallest absolute Gasteiger partial charge is 0.233 e. The molecule has 5 rings (SSSR count). The summed E-state index contributed by atoms with van der Waals surface area (Å²) in [5, 5.41) is 19.1. The van der Waals surface area contributed by atoms with E-state index >= 15 is 0 Å². The zero-order valence-corrected chi connectivity index (χ0v) is 18.5. The van der Waals surface area contributed by atoms with Gasteiger partial charge in [0.2, 0.25) is 17.8 Å². The Kier molecular flexibility index (Phi) is 5.98. The van der Waals surface area contributed by atoms with E-state index in [4.69, 9.17) is 9.15 Å². The Hall–Kier alpha value is -4.53. The third kappa shape index (κ3) is 5.26. The molecular weight excluding hydrogens is 432 g/mol. The zero-order valence-electron chi connectivity index (χ0n) is 18.5. The van der Waals surface area contributed by atoms with Gasteiger partial charge in [-0.3, -0.25) is 0 Å². The molecular formula is C25H24N6O3. The van der Waals surface area contributed by atoms with Gasteiger partial charge < -0.3 is 30.2 Å². The van der Waals surface area contributed by atoms with Gasteiger partial charge in [-0.1, -0.05) is 0 Å². The van der Waals surface area contributed by atoms with E-state index in [0.717, 1.165) is 34.9 Å². The summed E-state index contributed by atoms with van der Waals surface area (Å²) in [5.41, 5.74) is 2.59. The number of aromatic nitrogens is 3. The van der Waals surface area contributed by atoms with Gasteiger partial charge in [0.05, 0.1) is 18.9 Å². The summed E-state index contributed by atoms with van der Waals surface area (Å²) in [5.74, 6) is 2.95. The van der Waals surface area contributed by atoms with Crippen molar-refractivity contribution in [1.29, 1.82) is 0 Å². The standard InChI is InChI=1S/C25H24N6O3/c1-16-4-13-22(34-16)17-5-7-18(8-6-17)27-24-29-23(26-15-21-3-2-14-33-21)30-25(31-24)28-19-9-11-20(32)12-10-19/h2-3,5-14,16,32H,4,15H2,1H3,(H3,26,27,28,29,30,31). The van der Waals surface area contributed by atoms with Crippen molar-refractivity contribution in [2.24, 2.45) is 0 Å². The van der Waals surface area contributed by atoms with Gasteiger partial charge in [0.1, 0.15) is 17.3 Å². The number of hydrogen-bond acceptors (Lipinski definition) is 9. The first-order valence-electron chi connectivity index (χ1n) is 10.9. The Bertz CT molecular complexity index is 1270. The SMILES string of the molecule is CC1CC=C(c2ccc(Nc3nc(NCc4ccco4)nc(Nc4ccc(O)cc4)n3)cc2)O1. The van der Waals surface area contributed by atoms with Crippen molar-refractivity contribution in [2.45, 2.75) is 26.0 Å². The fraction of sp³-hybridized carbons (Fsp3) is 0.160. The molecule has 0 radical (unpaired) electrons. The van der Waals surface area contributed by atoms with Gasteiger partial charge in [-0.05, 0) is 73.7 Å². The first-order chi connectivity index (χ1) is 16.6. The normalized spacial score (nSPS) is 14.9. The van der Waals surface area contributed by atoms with Crippen molar-refractivity contribution >= 4 is 35.0 Å². The summed E-state index contributed by atoms with van der Waals surface area (Å²) < 4.78 is 11.2. The van der Waals surface area contributed by atoms with Crippen LogP contribution in [0.5, 0.6) is 5.75 Å². The second-order valence-electron chi connectivity index (χ2n) is 7.85. The summed E-state index contributed by atoms with van der Waals surface area (Å²) in [6.45, 7) is 2.48. The Balaban J connectivity index is 1.35. The predicted octanol–water partition coefficient (Wildman–Crippen LogP) is 5.42. The second kappa shape index (κ2) is 9.53. The van der Waals surface area contributed by atoms with Crippen LogP contribution in [0, 0.1) is 0 Å². The third-order valence-electron chi connectivity index (χ3n) is 5.15. The molecule has 0 amide bonds. The van der Waals surface area contributed by atoms with E-state index in [9.17, 15) is 5.11 Å². The third-order valence-corrected chi connectivity index (χ3v) is 5.15. The highest BCUT2D eigenvalue weighted by atomic mass is 16.5. The Morgan fingerprint density at radius 1 is 0.882 bits per heavy atom. The number of hydrogen-bond donors (Lipinski definition) is 4. The minimum absolute atomic E-state index is 0.182. The van der Waals surface area contributed by atoms with Crippen molar-refractivity contribution in [3.05, 3.63) is 84.3 Å². The van der Waals surface area contributed by atoms with Crippen LogP contribution in [0.15, 0.2) is 77.4 Å². The molecule has 2 aromatic carbocycles. The number of nitrogens with one attached hydrogen (secondary N) is 3. The van der Waals surface area contributed by atoms with Crippen LogP contribution in [0.1, 0.15) is 24.7 Å². The lowest BCUT2D eigenvalue weighted by Gasteiger charge is -2.12. The lowest BCUT2D eigenvalue weighted by Crippen LogP contribution is -2.09. The number of anilines is 5.